The summed E-state index contributed by atoms with van der Waals surface area (Å²) in [5.41, 5.74) is 2.58. The van der Waals surface area contributed by atoms with Gasteiger partial charge in [-0.2, -0.15) is 0 Å². The molecule has 1 N–H and O–H groups in total. The molecule has 2 aromatic carbocycles. The van der Waals surface area contributed by atoms with Gasteiger partial charge in [0.1, 0.15) is 12.4 Å². The Kier molecular flexibility index (Phi) is 6.77. The van der Waals surface area contributed by atoms with Gasteiger partial charge in [-0.3, -0.25) is 4.98 Å². The van der Waals surface area contributed by atoms with E-state index < -0.39 is 0 Å². The summed E-state index contributed by atoms with van der Waals surface area (Å²) in [5.74, 6) is 1.03. The van der Waals surface area contributed by atoms with Crippen molar-refractivity contribution in [3.63, 3.8) is 0 Å². The van der Waals surface area contributed by atoms with Crippen molar-refractivity contribution < 1.29 is 13.9 Å². The molecule has 4 nitrogen and oxygen atoms in total. The molecule has 3 aromatic rings. The largest absolute Gasteiger partial charge is 0.490 e. The maximum atomic E-state index is 13.9. The maximum absolute atomic E-state index is 13.9. The third kappa shape index (κ3) is 5.28. The predicted molar refractivity (Wildman–Crippen MR) is 103 cm³/mol. The zero-order valence-electron chi connectivity index (χ0n) is 15.3. The predicted octanol–water partition coefficient (Wildman–Crippen LogP) is 4.49. The third-order valence-corrected chi connectivity index (χ3v) is 4.06. The summed E-state index contributed by atoms with van der Waals surface area (Å²) in [5, 5.41) is 3.39. The lowest BCUT2D eigenvalue weighted by Gasteiger charge is -2.17. The molecule has 0 aliphatic carbocycles. The first-order chi connectivity index (χ1) is 13.3. The van der Waals surface area contributed by atoms with E-state index in [9.17, 15) is 4.39 Å². The molecule has 0 aliphatic heterocycles. The minimum atomic E-state index is -0.275. The minimum Gasteiger partial charge on any atom is -0.490 e. The highest BCUT2D eigenvalue weighted by molar-refractivity contribution is 5.47. The lowest BCUT2D eigenvalue weighted by molar-refractivity contribution is 0.262. The Hall–Kier alpha value is -2.92. The van der Waals surface area contributed by atoms with E-state index in [2.05, 4.69) is 10.3 Å². The van der Waals surface area contributed by atoms with Gasteiger partial charge < -0.3 is 14.8 Å². The summed E-state index contributed by atoms with van der Waals surface area (Å²) in [4.78, 5) is 4.12. The summed E-state index contributed by atoms with van der Waals surface area (Å²) >= 11 is 0. The summed E-state index contributed by atoms with van der Waals surface area (Å²) in [7, 11) is 0. The number of benzene rings is 2. The standard InChI is InChI=1S/C22H23FN2O2/c1-2-26-21-11-5-9-18(15-25-14-17-7-6-12-24-13-17)22(21)27-16-19-8-3-4-10-20(19)23/h3-13,25H,2,14-16H2,1H3. The second-order valence-corrected chi connectivity index (χ2v) is 6.02. The van der Waals surface area contributed by atoms with Gasteiger partial charge in [0.25, 0.3) is 0 Å². The van der Waals surface area contributed by atoms with Crippen molar-refractivity contribution in [2.75, 3.05) is 6.61 Å². The highest BCUT2D eigenvalue weighted by Gasteiger charge is 2.12. The van der Waals surface area contributed by atoms with Crippen LogP contribution >= 0.6 is 0 Å². The van der Waals surface area contributed by atoms with E-state index in [1.165, 1.54) is 6.07 Å². The van der Waals surface area contributed by atoms with Crippen LogP contribution in [0.15, 0.2) is 67.0 Å². The first-order valence-electron chi connectivity index (χ1n) is 8.98. The lowest BCUT2D eigenvalue weighted by atomic mass is 10.1. The molecule has 0 aliphatic rings. The monoisotopic (exact) mass is 366 g/mol. The van der Waals surface area contributed by atoms with E-state index in [0.29, 0.717) is 36.8 Å². The Balaban J connectivity index is 1.72. The molecule has 0 bridgehead atoms. The summed E-state index contributed by atoms with van der Waals surface area (Å²) in [6, 6.07) is 16.3. The average Bonchev–Trinajstić information content (AvgIpc) is 2.70. The van der Waals surface area contributed by atoms with Crippen molar-refractivity contribution in [3.8, 4) is 11.5 Å². The number of halogens is 1. The highest BCUT2D eigenvalue weighted by Crippen LogP contribution is 2.32. The Labute approximate surface area is 159 Å². The molecule has 5 heteroatoms. The van der Waals surface area contributed by atoms with Crippen LogP contribution in [0, 0.1) is 5.82 Å². The fourth-order valence-corrected chi connectivity index (χ4v) is 2.74. The molecule has 0 saturated heterocycles. The van der Waals surface area contributed by atoms with E-state index in [4.69, 9.17) is 9.47 Å². The summed E-state index contributed by atoms with van der Waals surface area (Å²) in [6.45, 7) is 3.89. The fraction of sp³-hybridized carbons (Fsp3) is 0.227. The van der Waals surface area contributed by atoms with Gasteiger partial charge in [0.2, 0.25) is 0 Å². The molecule has 27 heavy (non-hydrogen) atoms. The lowest BCUT2D eigenvalue weighted by Crippen LogP contribution is -2.14. The average molecular weight is 366 g/mol. The summed E-state index contributed by atoms with van der Waals surface area (Å²) in [6.07, 6.45) is 3.59. The molecule has 1 heterocycles. The van der Waals surface area contributed by atoms with Crippen LogP contribution in [0.2, 0.25) is 0 Å². The van der Waals surface area contributed by atoms with E-state index >= 15 is 0 Å². The molecule has 0 fully saturated rings. The molecule has 0 amide bonds. The second kappa shape index (κ2) is 9.69. The minimum absolute atomic E-state index is 0.145. The molecular formula is C22H23FN2O2. The zero-order valence-corrected chi connectivity index (χ0v) is 15.3. The van der Waals surface area contributed by atoms with Gasteiger partial charge >= 0.3 is 0 Å². The van der Waals surface area contributed by atoms with E-state index in [0.717, 1.165) is 11.1 Å². The number of hydrogen-bond acceptors (Lipinski definition) is 4. The Morgan fingerprint density at radius 1 is 0.926 bits per heavy atom. The SMILES string of the molecule is CCOc1cccc(CNCc2cccnc2)c1OCc1ccccc1F. The van der Waals surface area contributed by atoms with Gasteiger partial charge in [0.05, 0.1) is 6.61 Å². The van der Waals surface area contributed by atoms with Gasteiger partial charge in [-0.05, 0) is 30.7 Å². The smallest absolute Gasteiger partial charge is 0.166 e. The van der Waals surface area contributed by atoms with Crippen LogP contribution in [0.25, 0.3) is 0 Å². The Morgan fingerprint density at radius 2 is 1.78 bits per heavy atom. The third-order valence-electron chi connectivity index (χ3n) is 4.06. The maximum Gasteiger partial charge on any atom is 0.166 e. The van der Waals surface area contributed by atoms with Crippen molar-refractivity contribution in [1.82, 2.24) is 10.3 Å². The van der Waals surface area contributed by atoms with Gasteiger partial charge in [-0.1, -0.05) is 36.4 Å². The molecule has 0 radical (unpaired) electrons. The Morgan fingerprint density at radius 3 is 2.56 bits per heavy atom. The number of para-hydroxylation sites is 1. The first-order valence-corrected chi connectivity index (χ1v) is 8.98. The highest BCUT2D eigenvalue weighted by atomic mass is 19.1. The number of aromatic nitrogens is 1. The van der Waals surface area contributed by atoms with E-state index in [1.807, 2.05) is 43.5 Å². The zero-order chi connectivity index (χ0) is 18.9. The van der Waals surface area contributed by atoms with Gasteiger partial charge in [0.15, 0.2) is 11.5 Å². The van der Waals surface area contributed by atoms with Gasteiger partial charge in [0, 0.05) is 36.6 Å². The molecular weight excluding hydrogens is 343 g/mol. The number of rotatable bonds is 9. The fourth-order valence-electron chi connectivity index (χ4n) is 2.74. The van der Waals surface area contributed by atoms with Crippen molar-refractivity contribution in [2.45, 2.75) is 26.6 Å². The molecule has 0 spiro atoms. The van der Waals surface area contributed by atoms with Gasteiger partial charge in [-0.15, -0.1) is 0 Å². The van der Waals surface area contributed by atoms with Crippen LogP contribution in [0.4, 0.5) is 4.39 Å². The van der Waals surface area contributed by atoms with Crippen molar-refractivity contribution in [1.29, 1.82) is 0 Å². The summed E-state index contributed by atoms with van der Waals surface area (Å²) < 4.78 is 25.6. The van der Waals surface area contributed by atoms with E-state index in [1.54, 1.807) is 24.4 Å². The molecule has 3 rings (SSSR count). The first kappa shape index (κ1) is 18.9. The number of ether oxygens (including phenoxy) is 2. The quantitative estimate of drug-likeness (QED) is 0.606. The second-order valence-electron chi connectivity index (χ2n) is 6.02. The number of hydrogen-bond donors (Lipinski definition) is 1. The van der Waals surface area contributed by atoms with Crippen LogP contribution in [-0.2, 0) is 19.7 Å². The van der Waals surface area contributed by atoms with Crippen LogP contribution < -0.4 is 14.8 Å². The number of nitrogens with one attached hydrogen (secondary N) is 1. The van der Waals surface area contributed by atoms with Crippen LogP contribution in [0.1, 0.15) is 23.6 Å². The normalized spacial score (nSPS) is 10.6. The van der Waals surface area contributed by atoms with Gasteiger partial charge in [-0.25, -0.2) is 4.39 Å². The molecule has 0 atom stereocenters. The topological polar surface area (TPSA) is 43.4 Å². The number of pyridine rings is 1. The molecule has 0 saturated carbocycles. The number of nitrogens with zero attached hydrogens (tertiary/aromatic N) is 1. The van der Waals surface area contributed by atoms with Crippen LogP contribution in [0.3, 0.4) is 0 Å². The molecule has 1 aromatic heterocycles. The van der Waals surface area contributed by atoms with E-state index in [-0.39, 0.29) is 12.4 Å². The van der Waals surface area contributed by atoms with Crippen molar-refractivity contribution >= 4 is 0 Å². The van der Waals surface area contributed by atoms with Crippen molar-refractivity contribution in [3.05, 3.63) is 89.5 Å². The molecule has 140 valence electrons. The molecule has 0 unspecified atom stereocenters. The Bertz CT molecular complexity index is 856. The van der Waals surface area contributed by atoms with Crippen LogP contribution in [0.5, 0.6) is 11.5 Å². The van der Waals surface area contributed by atoms with Crippen molar-refractivity contribution in [2.24, 2.45) is 0 Å². The van der Waals surface area contributed by atoms with Crippen LogP contribution in [-0.4, -0.2) is 11.6 Å².